The lowest BCUT2D eigenvalue weighted by Gasteiger charge is -2.13. The number of benzene rings is 1. The molecule has 1 aromatic rings. The van der Waals surface area contributed by atoms with Crippen molar-refractivity contribution in [3.8, 4) is 0 Å². The average molecular weight is 178 g/mol. The SMILES string of the molecule is Cc1c(N)cccc1C(=O)N(C)C. The summed E-state index contributed by atoms with van der Waals surface area (Å²) in [6, 6.07) is 5.37. The van der Waals surface area contributed by atoms with Crippen LogP contribution in [-0.2, 0) is 0 Å². The molecule has 0 saturated carbocycles. The van der Waals surface area contributed by atoms with E-state index in [9.17, 15) is 4.79 Å². The van der Waals surface area contributed by atoms with Crippen LogP contribution in [0.4, 0.5) is 5.69 Å². The molecule has 13 heavy (non-hydrogen) atoms. The van der Waals surface area contributed by atoms with Crippen molar-refractivity contribution in [2.75, 3.05) is 19.8 Å². The lowest BCUT2D eigenvalue weighted by atomic mass is 10.1. The van der Waals surface area contributed by atoms with Gasteiger partial charge in [-0.1, -0.05) is 6.07 Å². The molecule has 0 saturated heterocycles. The zero-order valence-corrected chi connectivity index (χ0v) is 8.16. The second-order valence-electron chi connectivity index (χ2n) is 3.22. The van der Waals surface area contributed by atoms with Crippen LogP contribution in [0.3, 0.4) is 0 Å². The Bertz CT molecular complexity index is 332. The van der Waals surface area contributed by atoms with Crippen LogP contribution in [0, 0.1) is 6.92 Å². The largest absolute Gasteiger partial charge is 0.398 e. The predicted octanol–water partition coefficient (Wildman–Crippen LogP) is 1.28. The third-order valence-electron chi connectivity index (χ3n) is 2.01. The molecule has 0 aliphatic heterocycles. The Labute approximate surface area is 78.2 Å². The van der Waals surface area contributed by atoms with Gasteiger partial charge in [-0.2, -0.15) is 0 Å². The molecule has 0 heterocycles. The number of carbonyl (C=O) groups excluding carboxylic acids is 1. The molecule has 3 nitrogen and oxygen atoms in total. The number of hydrogen-bond donors (Lipinski definition) is 1. The van der Waals surface area contributed by atoms with E-state index in [1.165, 1.54) is 0 Å². The van der Waals surface area contributed by atoms with Gasteiger partial charge in [-0.15, -0.1) is 0 Å². The van der Waals surface area contributed by atoms with Crippen molar-refractivity contribution in [1.82, 2.24) is 4.90 Å². The zero-order chi connectivity index (χ0) is 10.0. The molecule has 1 amide bonds. The fraction of sp³-hybridized carbons (Fsp3) is 0.300. The maximum absolute atomic E-state index is 11.6. The minimum absolute atomic E-state index is 0.00944. The van der Waals surface area contributed by atoms with E-state index in [1.54, 1.807) is 37.2 Å². The van der Waals surface area contributed by atoms with Gasteiger partial charge in [0.15, 0.2) is 0 Å². The first-order valence-corrected chi connectivity index (χ1v) is 4.10. The third kappa shape index (κ3) is 1.80. The first kappa shape index (κ1) is 9.58. The van der Waals surface area contributed by atoms with Crippen LogP contribution in [0.15, 0.2) is 18.2 Å². The van der Waals surface area contributed by atoms with E-state index in [1.807, 2.05) is 6.92 Å². The highest BCUT2D eigenvalue weighted by Gasteiger charge is 2.11. The number of nitrogens with two attached hydrogens (primary N) is 1. The third-order valence-corrected chi connectivity index (χ3v) is 2.01. The Morgan fingerprint density at radius 2 is 2.00 bits per heavy atom. The highest BCUT2D eigenvalue weighted by molar-refractivity contribution is 5.96. The summed E-state index contributed by atoms with van der Waals surface area (Å²) in [7, 11) is 3.45. The summed E-state index contributed by atoms with van der Waals surface area (Å²) in [4.78, 5) is 13.1. The van der Waals surface area contributed by atoms with E-state index < -0.39 is 0 Å². The smallest absolute Gasteiger partial charge is 0.253 e. The van der Waals surface area contributed by atoms with E-state index in [-0.39, 0.29) is 5.91 Å². The van der Waals surface area contributed by atoms with E-state index in [0.717, 1.165) is 5.56 Å². The van der Waals surface area contributed by atoms with Crippen molar-refractivity contribution >= 4 is 11.6 Å². The molecule has 0 spiro atoms. The van der Waals surface area contributed by atoms with Gasteiger partial charge >= 0.3 is 0 Å². The van der Waals surface area contributed by atoms with Crippen molar-refractivity contribution in [3.63, 3.8) is 0 Å². The minimum atomic E-state index is -0.00944. The van der Waals surface area contributed by atoms with Gasteiger partial charge in [-0.25, -0.2) is 0 Å². The molecule has 0 aromatic heterocycles. The Morgan fingerprint density at radius 3 is 2.54 bits per heavy atom. The molecule has 0 unspecified atom stereocenters. The first-order chi connectivity index (χ1) is 6.04. The molecule has 2 N–H and O–H groups in total. The summed E-state index contributed by atoms with van der Waals surface area (Å²) in [5, 5.41) is 0. The molecule has 70 valence electrons. The normalized spacial score (nSPS) is 9.77. The van der Waals surface area contributed by atoms with Crippen LogP contribution in [0.1, 0.15) is 15.9 Å². The number of carbonyl (C=O) groups is 1. The Kier molecular flexibility index (Phi) is 2.56. The zero-order valence-electron chi connectivity index (χ0n) is 8.16. The van der Waals surface area contributed by atoms with Crippen molar-refractivity contribution in [1.29, 1.82) is 0 Å². The second kappa shape index (κ2) is 3.47. The summed E-state index contributed by atoms with van der Waals surface area (Å²) in [6.45, 7) is 1.85. The predicted molar refractivity (Wildman–Crippen MR) is 53.6 cm³/mol. The van der Waals surface area contributed by atoms with Crippen LogP contribution in [0.2, 0.25) is 0 Å². The Morgan fingerprint density at radius 1 is 1.38 bits per heavy atom. The van der Waals surface area contributed by atoms with E-state index in [0.29, 0.717) is 11.3 Å². The van der Waals surface area contributed by atoms with Gasteiger partial charge in [0.1, 0.15) is 0 Å². The summed E-state index contributed by atoms with van der Waals surface area (Å²) >= 11 is 0. The molecular weight excluding hydrogens is 164 g/mol. The van der Waals surface area contributed by atoms with Crippen LogP contribution >= 0.6 is 0 Å². The average Bonchev–Trinajstić information content (AvgIpc) is 2.08. The van der Waals surface area contributed by atoms with Gasteiger partial charge in [0.05, 0.1) is 0 Å². The molecule has 0 radical (unpaired) electrons. The highest BCUT2D eigenvalue weighted by atomic mass is 16.2. The lowest BCUT2D eigenvalue weighted by molar-refractivity contribution is 0.0827. The molecule has 1 aromatic carbocycles. The fourth-order valence-corrected chi connectivity index (χ4v) is 1.13. The first-order valence-electron chi connectivity index (χ1n) is 4.10. The van der Waals surface area contributed by atoms with Crippen LogP contribution in [0.5, 0.6) is 0 Å². The van der Waals surface area contributed by atoms with Crippen molar-refractivity contribution < 1.29 is 4.79 Å². The molecule has 0 atom stereocenters. The van der Waals surface area contributed by atoms with Gasteiger partial charge in [0.25, 0.3) is 5.91 Å². The molecule has 1 rings (SSSR count). The number of nitrogen functional groups attached to an aromatic ring is 1. The fourth-order valence-electron chi connectivity index (χ4n) is 1.13. The molecule has 0 fully saturated rings. The van der Waals surface area contributed by atoms with Crippen LogP contribution in [-0.4, -0.2) is 24.9 Å². The summed E-state index contributed by atoms with van der Waals surface area (Å²) < 4.78 is 0. The van der Waals surface area contributed by atoms with Crippen LogP contribution < -0.4 is 5.73 Å². The van der Waals surface area contributed by atoms with E-state index in [4.69, 9.17) is 5.73 Å². The van der Waals surface area contributed by atoms with E-state index in [2.05, 4.69) is 0 Å². The summed E-state index contributed by atoms with van der Waals surface area (Å²) in [5.74, 6) is -0.00944. The molecule has 3 heteroatoms. The van der Waals surface area contributed by atoms with Crippen molar-refractivity contribution in [2.24, 2.45) is 0 Å². The molecule has 0 aliphatic rings. The van der Waals surface area contributed by atoms with Crippen molar-refractivity contribution in [3.05, 3.63) is 29.3 Å². The minimum Gasteiger partial charge on any atom is -0.398 e. The monoisotopic (exact) mass is 178 g/mol. The maximum atomic E-state index is 11.6. The number of rotatable bonds is 1. The standard InChI is InChI=1S/C10H14N2O/c1-7-8(10(13)12(2)3)5-4-6-9(7)11/h4-6H,11H2,1-3H3. The number of nitrogens with zero attached hydrogens (tertiary/aromatic N) is 1. The number of amides is 1. The topological polar surface area (TPSA) is 46.3 Å². The quantitative estimate of drug-likeness (QED) is 0.658. The Hall–Kier alpha value is -1.51. The van der Waals surface area contributed by atoms with Gasteiger partial charge in [0.2, 0.25) is 0 Å². The van der Waals surface area contributed by atoms with Crippen molar-refractivity contribution in [2.45, 2.75) is 6.92 Å². The second-order valence-corrected chi connectivity index (χ2v) is 3.22. The molecular formula is C10H14N2O. The summed E-state index contributed by atoms with van der Waals surface area (Å²) in [6.07, 6.45) is 0. The van der Waals surface area contributed by atoms with Gasteiger partial charge in [-0.05, 0) is 24.6 Å². The summed E-state index contributed by atoms with van der Waals surface area (Å²) in [5.41, 5.74) is 7.87. The highest BCUT2D eigenvalue weighted by Crippen LogP contribution is 2.16. The molecule has 0 aliphatic carbocycles. The number of hydrogen-bond acceptors (Lipinski definition) is 2. The van der Waals surface area contributed by atoms with Crippen LogP contribution in [0.25, 0.3) is 0 Å². The molecule has 0 bridgehead atoms. The van der Waals surface area contributed by atoms with Gasteiger partial charge in [-0.3, -0.25) is 4.79 Å². The van der Waals surface area contributed by atoms with E-state index >= 15 is 0 Å². The lowest BCUT2D eigenvalue weighted by Crippen LogP contribution is -2.22. The van der Waals surface area contributed by atoms with Gasteiger partial charge < -0.3 is 10.6 Å². The Balaban J connectivity index is 3.15. The maximum Gasteiger partial charge on any atom is 0.253 e. The van der Waals surface area contributed by atoms with Gasteiger partial charge in [0, 0.05) is 25.3 Å². The number of anilines is 1.